The van der Waals surface area contributed by atoms with Gasteiger partial charge in [-0.25, -0.2) is 0 Å². The summed E-state index contributed by atoms with van der Waals surface area (Å²) in [5.41, 5.74) is 1.03. The largest absolute Gasteiger partial charge is 0.379 e. The van der Waals surface area contributed by atoms with Crippen molar-refractivity contribution in [2.75, 3.05) is 26.3 Å². The molecule has 0 unspecified atom stereocenters. The minimum atomic E-state index is 0.753. The van der Waals surface area contributed by atoms with Gasteiger partial charge in [0.15, 0.2) is 0 Å². The zero-order chi connectivity index (χ0) is 9.80. The topological polar surface area (TPSA) is 25.4 Å². The molecule has 0 radical (unpaired) electrons. The van der Waals surface area contributed by atoms with E-state index >= 15 is 0 Å². The Kier molecular flexibility index (Phi) is 3.35. The average molecular weight is 213 g/mol. The molecule has 1 saturated heterocycles. The minimum absolute atomic E-state index is 0.753. The van der Waals surface area contributed by atoms with Crippen molar-refractivity contribution in [3.05, 3.63) is 29.0 Å². The Labute approximate surface area is 88.6 Å². The lowest BCUT2D eigenvalue weighted by Crippen LogP contribution is -2.35. The van der Waals surface area contributed by atoms with Crippen LogP contribution in [0, 0.1) is 0 Å². The highest BCUT2D eigenvalue weighted by Crippen LogP contribution is 2.10. The second kappa shape index (κ2) is 4.73. The van der Waals surface area contributed by atoms with Crippen LogP contribution in [0.25, 0.3) is 0 Å². The molecule has 1 aromatic rings. The van der Waals surface area contributed by atoms with Crippen LogP contribution < -0.4 is 0 Å². The first-order valence-corrected chi connectivity index (χ1v) is 5.13. The summed E-state index contributed by atoms with van der Waals surface area (Å²) in [6.45, 7) is 4.47. The molecular formula is C10H13ClN2O. The van der Waals surface area contributed by atoms with Crippen LogP contribution in [-0.4, -0.2) is 36.2 Å². The number of hydrogen-bond acceptors (Lipinski definition) is 3. The van der Waals surface area contributed by atoms with E-state index < -0.39 is 0 Å². The van der Waals surface area contributed by atoms with Gasteiger partial charge in [-0.3, -0.25) is 9.88 Å². The van der Waals surface area contributed by atoms with Gasteiger partial charge in [0.2, 0.25) is 0 Å². The number of morpholine rings is 1. The third-order valence-electron chi connectivity index (χ3n) is 2.27. The normalized spacial score (nSPS) is 18.4. The quantitative estimate of drug-likeness (QED) is 0.744. The molecule has 2 rings (SSSR count). The minimum Gasteiger partial charge on any atom is -0.379 e. The highest BCUT2D eigenvalue weighted by Gasteiger charge is 2.10. The van der Waals surface area contributed by atoms with Gasteiger partial charge in [-0.2, -0.15) is 0 Å². The summed E-state index contributed by atoms with van der Waals surface area (Å²) in [6, 6.07) is 3.71. The van der Waals surface area contributed by atoms with Crippen molar-refractivity contribution in [1.29, 1.82) is 0 Å². The van der Waals surface area contributed by atoms with Gasteiger partial charge < -0.3 is 4.74 Å². The summed E-state index contributed by atoms with van der Waals surface area (Å²) in [5.74, 6) is 0. The fraction of sp³-hybridized carbons (Fsp3) is 0.500. The highest BCUT2D eigenvalue weighted by atomic mass is 35.5. The van der Waals surface area contributed by atoms with Crippen LogP contribution in [0.5, 0.6) is 0 Å². The lowest BCUT2D eigenvalue weighted by molar-refractivity contribution is 0.0336. The highest BCUT2D eigenvalue weighted by molar-refractivity contribution is 6.30. The van der Waals surface area contributed by atoms with E-state index in [0.29, 0.717) is 0 Å². The number of nitrogens with zero attached hydrogens (tertiary/aromatic N) is 2. The SMILES string of the molecule is Clc1ccnc(CN2CCOCC2)c1. The van der Waals surface area contributed by atoms with Crippen molar-refractivity contribution in [2.45, 2.75) is 6.54 Å². The van der Waals surface area contributed by atoms with Crippen LogP contribution in [0.3, 0.4) is 0 Å². The summed E-state index contributed by atoms with van der Waals surface area (Å²) in [5, 5.41) is 0.753. The Morgan fingerprint density at radius 2 is 2.21 bits per heavy atom. The maximum absolute atomic E-state index is 5.88. The zero-order valence-electron chi connectivity index (χ0n) is 7.95. The molecule has 1 aliphatic rings. The lowest BCUT2D eigenvalue weighted by Gasteiger charge is -2.26. The molecule has 14 heavy (non-hydrogen) atoms. The molecule has 0 saturated carbocycles. The monoisotopic (exact) mass is 212 g/mol. The number of halogens is 1. The Morgan fingerprint density at radius 3 is 2.93 bits per heavy atom. The van der Waals surface area contributed by atoms with Gasteiger partial charge in [0.05, 0.1) is 18.9 Å². The van der Waals surface area contributed by atoms with Crippen molar-refractivity contribution in [3.8, 4) is 0 Å². The second-order valence-corrected chi connectivity index (χ2v) is 3.79. The van der Waals surface area contributed by atoms with Crippen LogP contribution >= 0.6 is 11.6 Å². The number of pyridine rings is 1. The number of hydrogen-bond donors (Lipinski definition) is 0. The first-order valence-electron chi connectivity index (χ1n) is 4.75. The van der Waals surface area contributed by atoms with Crippen molar-refractivity contribution < 1.29 is 4.74 Å². The Morgan fingerprint density at radius 1 is 1.43 bits per heavy atom. The van der Waals surface area contributed by atoms with E-state index in [9.17, 15) is 0 Å². The Bertz CT molecular complexity index is 300. The molecule has 76 valence electrons. The lowest BCUT2D eigenvalue weighted by atomic mass is 10.3. The molecule has 0 amide bonds. The van der Waals surface area contributed by atoms with E-state index in [2.05, 4.69) is 9.88 Å². The summed E-state index contributed by atoms with van der Waals surface area (Å²) < 4.78 is 5.27. The fourth-order valence-electron chi connectivity index (χ4n) is 1.52. The van der Waals surface area contributed by atoms with E-state index in [1.54, 1.807) is 12.3 Å². The maximum Gasteiger partial charge on any atom is 0.0594 e. The molecule has 0 aromatic carbocycles. The molecule has 0 spiro atoms. The molecule has 4 heteroatoms. The van der Waals surface area contributed by atoms with Gasteiger partial charge in [-0.1, -0.05) is 11.6 Å². The third kappa shape index (κ3) is 2.67. The van der Waals surface area contributed by atoms with Gasteiger partial charge >= 0.3 is 0 Å². The molecule has 1 fully saturated rings. The summed E-state index contributed by atoms with van der Waals surface area (Å²) >= 11 is 5.88. The van der Waals surface area contributed by atoms with Gasteiger partial charge in [0, 0.05) is 30.9 Å². The van der Waals surface area contributed by atoms with Crippen LogP contribution in [0.2, 0.25) is 5.02 Å². The number of aromatic nitrogens is 1. The summed E-state index contributed by atoms with van der Waals surface area (Å²) in [4.78, 5) is 6.59. The Balaban J connectivity index is 1.95. The predicted octanol–water partition coefficient (Wildman–Crippen LogP) is 1.57. The van der Waals surface area contributed by atoms with Crippen LogP contribution in [0.15, 0.2) is 18.3 Å². The first kappa shape index (κ1) is 9.90. The summed E-state index contributed by atoms with van der Waals surface area (Å²) in [6.07, 6.45) is 1.75. The third-order valence-corrected chi connectivity index (χ3v) is 2.50. The van der Waals surface area contributed by atoms with Crippen molar-refractivity contribution >= 4 is 11.6 Å². The summed E-state index contributed by atoms with van der Waals surface area (Å²) in [7, 11) is 0. The van der Waals surface area contributed by atoms with Crippen LogP contribution in [0.1, 0.15) is 5.69 Å². The average Bonchev–Trinajstić information content (AvgIpc) is 2.19. The van der Waals surface area contributed by atoms with Gasteiger partial charge in [-0.15, -0.1) is 0 Å². The predicted molar refractivity (Wildman–Crippen MR) is 55.3 cm³/mol. The molecule has 3 nitrogen and oxygen atoms in total. The molecule has 2 heterocycles. The Hall–Kier alpha value is -0.640. The van der Waals surface area contributed by atoms with Gasteiger partial charge in [0.1, 0.15) is 0 Å². The van der Waals surface area contributed by atoms with E-state index in [-0.39, 0.29) is 0 Å². The van der Waals surface area contributed by atoms with Gasteiger partial charge in [0.25, 0.3) is 0 Å². The van der Waals surface area contributed by atoms with Gasteiger partial charge in [-0.05, 0) is 12.1 Å². The molecule has 0 aliphatic carbocycles. The standard InChI is InChI=1S/C10H13ClN2O/c11-9-1-2-12-10(7-9)8-13-3-5-14-6-4-13/h1-2,7H,3-6,8H2. The molecule has 1 aliphatic heterocycles. The van der Waals surface area contributed by atoms with Crippen molar-refractivity contribution in [1.82, 2.24) is 9.88 Å². The second-order valence-electron chi connectivity index (χ2n) is 3.35. The van der Waals surface area contributed by atoms with Crippen molar-refractivity contribution in [2.24, 2.45) is 0 Å². The van der Waals surface area contributed by atoms with Crippen LogP contribution in [0.4, 0.5) is 0 Å². The van der Waals surface area contributed by atoms with Crippen LogP contribution in [-0.2, 0) is 11.3 Å². The van der Waals surface area contributed by atoms with E-state index in [4.69, 9.17) is 16.3 Å². The maximum atomic E-state index is 5.88. The molecule has 0 N–H and O–H groups in total. The first-order chi connectivity index (χ1) is 6.84. The van der Waals surface area contributed by atoms with Crippen molar-refractivity contribution in [3.63, 3.8) is 0 Å². The molecule has 1 aromatic heterocycles. The van der Waals surface area contributed by atoms with E-state index in [1.165, 1.54) is 0 Å². The van der Waals surface area contributed by atoms with E-state index in [0.717, 1.165) is 43.6 Å². The zero-order valence-corrected chi connectivity index (χ0v) is 8.70. The molecular weight excluding hydrogens is 200 g/mol. The number of ether oxygens (including phenoxy) is 1. The number of rotatable bonds is 2. The smallest absolute Gasteiger partial charge is 0.0594 e. The fourth-order valence-corrected chi connectivity index (χ4v) is 1.71. The molecule has 0 atom stereocenters. The molecule has 0 bridgehead atoms. The van der Waals surface area contributed by atoms with E-state index in [1.807, 2.05) is 6.07 Å².